The summed E-state index contributed by atoms with van der Waals surface area (Å²) in [5.74, 6) is 0.515. The molecule has 1 rings (SSSR count). The first-order valence-electron chi connectivity index (χ1n) is 3.54. The number of nitro benzene ring substituents is 1. The van der Waals surface area contributed by atoms with Crippen molar-refractivity contribution in [2.45, 2.75) is 6.92 Å². The van der Waals surface area contributed by atoms with E-state index in [9.17, 15) is 10.1 Å². The number of methoxy groups -OCH3 is 1. The lowest BCUT2D eigenvalue weighted by molar-refractivity contribution is -0.385. The van der Waals surface area contributed by atoms with Gasteiger partial charge in [0, 0.05) is 16.1 Å². The van der Waals surface area contributed by atoms with E-state index >= 15 is 0 Å². The van der Waals surface area contributed by atoms with Gasteiger partial charge in [-0.05, 0) is 6.92 Å². The molecule has 1 aromatic carbocycles. The van der Waals surface area contributed by atoms with Crippen molar-refractivity contribution in [2.75, 3.05) is 7.11 Å². The molecule has 0 saturated carbocycles. The van der Waals surface area contributed by atoms with Gasteiger partial charge >= 0.3 is 0 Å². The Balaban J connectivity index is 3.30. The molecular weight excluding hydrogens is 238 g/mol. The Morgan fingerprint density at radius 2 is 2.15 bits per heavy atom. The van der Waals surface area contributed by atoms with Gasteiger partial charge in [0.1, 0.15) is 5.75 Å². The molecule has 0 fully saturated rings. The van der Waals surface area contributed by atoms with E-state index < -0.39 is 4.92 Å². The van der Waals surface area contributed by atoms with Crippen LogP contribution < -0.4 is 4.74 Å². The summed E-state index contributed by atoms with van der Waals surface area (Å²) < 4.78 is 5.66. The Labute approximate surface area is 83.8 Å². The number of benzene rings is 1. The minimum Gasteiger partial charge on any atom is -0.496 e. The van der Waals surface area contributed by atoms with Gasteiger partial charge in [-0.2, -0.15) is 0 Å². The first-order valence-corrected chi connectivity index (χ1v) is 4.34. The van der Waals surface area contributed by atoms with E-state index in [-0.39, 0.29) is 5.69 Å². The number of rotatable bonds is 2. The number of hydrogen-bond acceptors (Lipinski definition) is 3. The lowest BCUT2D eigenvalue weighted by Gasteiger charge is -2.05. The van der Waals surface area contributed by atoms with Gasteiger partial charge in [0.05, 0.1) is 18.1 Å². The zero-order valence-electron chi connectivity index (χ0n) is 7.20. The van der Waals surface area contributed by atoms with Crippen LogP contribution in [0.1, 0.15) is 5.56 Å². The SMILES string of the molecule is COc1cc([N+](=O)[O-])cc(Br)c1C. The van der Waals surface area contributed by atoms with Crippen molar-refractivity contribution >= 4 is 21.6 Å². The molecule has 70 valence electrons. The number of halogens is 1. The monoisotopic (exact) mass is 245 g/mol. The summed E-state index contributed by atoms with van der Waals surface area (Å²) in [4.78, 5) is 10.0. The molecule has 5 heteroatoms. The van der Waals surface area contributed by atoms with E-state index in [4.69, 9.17) is 4.74 Å². The Hall–Kier alpha value is -1.10. The number of nitro groups is 1. The fourth-order valence-corrected chi connectivity index (χ4v) is 1.39. The molecule has 4 nitrogen and oxygen atoms in total. The summed E-state index contributed by atoms with van der Waals surface area (Å²) in [6.07, 6.45) is 0. The van der Waals surface area contributed by atoms with Gasteiger partial charge in [0.25, 0.3) is 5.69 Å². The first-order chi connectivity index (χ1) is 6.06. The fourth-order valence-electron chi connectivity index (χ4n) is 0.957. The fraction of sp³-hybridized carbons (Fsp3) is 0.250. The van der Waals surface area contributed by atoms with Crippen LogP contribution in [0.15, 0.2) is 16.6 Å². The third-order valence-corrected chi connectivity index (χ3v) is 2.54. The minimum atomic E-state index is -0.452. The van der Waals surface area contributed by atoms with E-state index in [0.717, 1.165) is 5.56 Å². The summed E-state index contributed by atoms with van der Waals surface area (Å²) in [6, 6.07) is 2.86. The van der Waals surface area contributed by atoms with E-state index in [1.807, 2.05) is 6.92 Å². The van der Waals surface area contributed by atoms with Gasteiger partial charge in [-0.1, -0.05) is 15.9 Å². The van der Waals surface area contributed by atoms with E-state index in [1.54, 1.807) is 0 Å². The molecule has 0 N–H and O–H groups in total. The van der Waals surface area contributed by atoms with Crippen LogP contribution >= 0.6 is 15.9 Å². The van der Waals surface area contributed by atoms with Crippen molar-refractivity contribution in [1.29, 1.82) is 0 Å². The van der Waals surface area contributed by atoms with E-state index in [1.165, 1.54) is 19.2 Å². The van der Waals surface area contributed by atoms with Gasteiger partial charge in [0.15, 0.2) is 0 Å². The molecule has 13 heavy (non-hydrogen) atoms. The highest BCUT2D eigenvalue weighted by molar-refractivity contribution is 9.10. The molecule has 0 aliphatic heterocycles. The smallest absolute Gasteiger partial charge is 0.274 e. The van der Waals surface area contributed by atoms with E-state index in [0.29, 0.717) is 10.2 Å². The second-order valence-electron chi connectivity index (χ2n) is 2.51. The number of ether oxygens (including phenoxy) is 1. The van der Waals surface area contributed by atoms with Crippen LogP contribution in [0.3, 0.4) is 0 Å². The highest BCUT2D eigenvalue weighted by Gasteiger charge is 2.12. The molecule has 0 heterocycles. The van der Waals surface area contributed by atoms with Crippen molar-refractivity contribution in [3.8, 4) is 5.75 Å². The summed E-state index contributed by atoms with van der Waals surface area (Å²) >= 11 is 3.22. The molecule has 0 bridgehead atoms. The Morgan fingerprint density at radius 1 is 1.54 bits per heavy atom. The highest BCUT2D eigenvalue weighted by atomic mass is 79.9. The molecular formula is C8H8BrNO3. The summed E-state index contributed by atoms with van der Waals surface area (Å²) in [6.45, 7) is 1.83. The van der Waals surface area contributed by atoms with Crippen LogP contribution in [-0.4, -0.2) is 12.0 Å². The standard InChI is InChI=1S/C8H8BrNO3/c1-5-7(9)3-6(10(11)12)4-8(5)13-2/h3-4H,1-2H3. The molecule has 0 aliphatic rings. The lowest BCUT2D eigenvalue weighted by Crippen LogP contribution is -1.93. The largest absolute Gasteiger partial charge is 0.496 e. The molecule has 0 radical (unpaired) electrons. The maximum absolute atomic E-state index is 10.5. The lowest BCUT2D eigenvalue weighted by atomic mass is 10.2. The van der Waals surface area contributed by atoms with Crippen LogP contribution in [0, 0.1) is 17.0 Å². The molecule has 0 atom stereocenters. The molecule has 0 unspecified atom stereocenters. The van der Waals surface area contributed by atoms with E-state index in [2.05, 4.69) is 15.9 Å². The zero-order chi connectivity index (χ0) is 10.0. The van der Waals surface area contributed by atoms with Crippen LogP contribution in [0.5, 0.6) is 5.75 Å². The van der Waals surface area contributed by atoms with Crippen molar-refractivity contribution in [2.24, 2.45) is 0 Å². The maximum atomic E-state index is 10.5. The third kappa shape index (κ3) is 1.98. The molecule has 0 spiro atoms. The van der Waals surface area contributed by atoms with Crippen LogP contribution in [0.25, 0.3) is 0 Å². The van der Waals surface area contributed by atoms with Gasteiger partial charge in [-0.25, -0.2) is 0 Å². The number of hydrogen-bond donors (Lipinski definition) is 0. The Morgan fingerprint density at radius 3 is 2.62 bits per heavy atom. The molecule has 0 amide bonds. The Bertz CT molecular complexity index is 351. The minimum absolute atomic E-state index is 0.0225. The topological polar surface area (TPSA) is 52.4 Å². The number of nitrogens with zero attached hydrogens (tertiary/aromatic N) is 1. The van der Waals surface area contributed by atoms with Gasteiger partial charge in [0.2, 0.25) is 0 Å². The van der Waals surface area contributed by atoms with Gasteiger partial charge in [-0.15, -0.1) is 0 Å². The van der Waals surface area contributed by atoms with Crippen LogP contribution in [0.4, 0.5) is 5.69 Å². The molecule has 0 aliphatic carbocycles. The average Bonchev–Trinajstić information content (AvgIpc) is 2.09. The van der Waals surface area contributed by atoms with Crippen molar-refractivity contribution in [1.82, 2.24) is 0 Å². The zero-order valence-corrected chi connectivity index (χ0v) is 8.79. The maximum Gasteiger partial charge on any atom is 0.274 e. The molecule has 1 aromatic rings. The second kappa shape index (κ2) is 3.74. The van der Waals surface area contributed by atoms with Crippen LogP contribution in [-0.2, 0) is 0 Å². The summed E-state index contributed by atoms with van der Waals surface area (Å²) in [5, 5.41) is 10.5. The molecule has 0 saturated heterocycles. The predicted octanol–water partition coefficient (Wildman–Crippen LogP) is 2.67. The Kier molecular flexibility index (Phi) is 2.87. The first kappa shape index (κ1) is 9.98. The van der Waals surface area contributed by atoms with Crippen LogP contribution in [0.2, 0.25) is 0 Å². The van der Waals surface area contributed by atoms with Gasteiger partial charge < -0.3 is 4.74 Å². The predicted molar refractivity (Wildman–Crippen MR) is 52.1 cm³/mol. The second-order valence-corrected chi connectivity index (χ2v) is 3.37. The van der Waals surface area contributed by atoms with Gasteiger partial charge in [-0.3, -0.25) is 10.1 Å². The number of non-ortho nitro benzene ring substituents is 1. The summed E-state index contributed by atoms with van der Waals surface area (Å²) in [7, 11) is 1.48. The average molecular weight is 246 g/mol. The normalized spacial score (nSPS) is 9.77. The highest BCUT2D eigenvalue weighted by Crippen LogP contribution is 2.31. The quantitative estimate of drug-likeness (QED) is 0.595. The van der Waals surface area contributed by atoms with Crippen molar-refractivity contribution < 1.29 is 9.66 Å². The van der Waals surface area contributed by atoms with Crippen molar-refractivity contribution in [3.63, 3.8) is 0 Å². The third-order valence-electron chi connectivity index (χ3n) is 1.71. The summed E-state index contributed by atoms with van der Waals surface area (Å²) in [5.41, 5.74) is 0.877. The molecule has 0 aromatic heterocycles. The van der Waals surface area contributed by atoms with Crippen molar-refractivity contribution in [3.05, 3.63) is 32.3 Å².